The summed E-state index contributed by atoms with van der Waals surface area (Å²) in [6, 6.07) is 0.164. The summed E-state index contributed by atoms with van der Waals surface area (Å²) in [6.45, 7) is 5.98. The fraction of sp³-hybridized carbons (Fsp3) is 0.667. The van der Waals surface area contributed by atoms with E-state index in [1.54, 1.807) is 4.68 Å². The van der Waals surface area contributed by atoms with Gasteiger partial charge in [0.25, 0.3) is 0 Å². The van der Waals surface area contributed by atoms with E-state index in [0.29, 0.717) is 11.4 Å². The fourth-order valence-corrected chi connectivity index (χ4v) is 2.52. The molecule has 1 rings (SSSR count). The Bertz CT molecular complexity index is 414. The number of nitrogens with zero attached hydrogens (tertiary/aromatic N) is 2. The maximum absolute atomic E-state index is 11.6. The van der Waals surface area contributed by atoms with Gasteiger partial charge in [0.2, 0.25) is 5.91 Å². The molecule has 1 amide bonds. The monoisotopic (exact) mass is 270 g/mol. The van der Waals surface area contributed by atoms with Gasteiger partial charge in [-0.05, 0) is 20.3 Å². The first-order valence-corrected chi connectivity index (χ1v) is 7.17. The Morgan fingerprint density at radius 2 is 2.22 bits per heavy atom. The van der Waals surface area contributed by atoms with Crippen molar-refractivity contribution in [2.75, 3.05) is 11.5 Å². The molecular formula is C12H22N4OS. The van der Waals surface area contributed by atoms with Crippen molar-refractivity contribution in [3.8, 4) is 0 Å². The summed E-state index contributed by atoms with van der Waals surface area (Å²) >= 11 is 1.43. The SMILES string of the molecule is CCCc1nn(C)c(SCC(=O)NC(C)C)c1N. The number of hydrogen-bond acceptors (Lipinski definition) is 4. The van der Waals surface area contributed by atoms with Crippen LogP contribution in [0.15, 0.2) is 5.03 Å². The summed E-state index contributed by atoms with van der Waals surface area (Å²) < 4.78 is 1.76. The number of aryl methyl sites for hydroxylation is 2. The molecule has 0 saturated carbocycles. The molecule has 1 aromatic heterocycles. The Balaban J connectivity index is 2.64. The van der Waals surface area contributed by atoms with Gasteiger partial charge in [-0.2, -0.15) is 5.10 Å². The van der Waals surface area contributed by atoms with E-state index in [2.05, 4.69) is 17.3 Å². The van der Waals surface area contributed by atoms with E-state index in [9.17, 15) is 4.79 Å². The maximum Gasteiger partial charge on any atom is 0.230 e. The van der Waals surface area contributed by atoms with E-state index in [1.165, 1.54) is 11.8 Å². The molecule has 0 bridgehead atoms. The van der Waals surface area contributed by atoms with Crippen molar-refractivity contribution in [2.24, 2.45) is 7.05 Å². The smallest absolute Gasteiger partial charge is 0.230 e. The van der Waals surface area contributed by atoms with Crippen LogP contribution in [-0.2, 0) is 18.3 Å². The predicted octanol–water partition coefficient (Wildman–Crippen LogP) is 1.57. The second kappa shape index (κ2) is 6.68. The topological polar surface area (TPSA) is 72.9 Å². The Morgan fingerprint density at radius 3 is 2.78 bits per heavy atom. The summed E-state index contributed by atoms with van der Waals surface area (Å²) in [5.74, 6) is 0.389. The average molecular weight is 270 g/mol. The van der Waals surface area contributed by atoms with Gasteiger partial charge in [0.05, 0.1) is 17.1 Å². The molecular weight excluding hydrogens is 248 g/mol. The zero-order chi connectivity index (χ0) is 13.7. The molecule has 18 heavy (non-hydrogen) atoms. The Kier molecular flexibility index (Phi) is 5.53. The number of anilines is 1. The van der Waals surface area contributed by atoms with Crippen molar-refractivity contribution < 1.29 is 4.79 Å². The predicted molar refractivity (Wildman–Crippen MR) is 75.6 cm³/mol. The molecule has 5 nitrogen and oxygen atoms in total. The van der Waals surface area contributed by atoms with Crippen molar-refractivity contribution >= 4 is 23.4 Å². The van der Waals surface area contributed by atoms with Crippen LogP contribution in [0.2, 0.25) is 0 Å². The van der Waals surface area contributed by atoms with E-state index in [4.69, 9.17) is 5.73 Å². The molecule has 0 fully saturated rings. The van der Waals surface area contributed by atoms with Gasteiger partial charge in [-0.1, -0.05) is 25.1 Å². The van der Waals surface area contributed by atoms with E-state index >= 15 is 0 Å². The normalized spacial score (nSPS) is 10.9. The van der Waals surface area contributed by atoms with Gasteiger partial charge < -0.3 is 11.1 Å². The zero-order valence-corrected chi connectivity index (χ0v) is 12.3. The first kappa shape index (κ1) is 14.9. The largest absolute Gasteiger partial charge is 0.395 e. The van der Waals surface area contributed by atoms with Crippen LogP contribution in [0.5, 0.6) is 0 Å². The first-order chi connectivity index (χ1) is 8.45. The highest BCUT2D eigenvalue weighted by molar-refractivity contribution is 8.00. The lowest BCUT2D eigenvalue weighted by atomic mass is 10.2. The van der Waals surface area contributed by atoms with E-state index in [1.807, 2.05) is 20.9 Å². The molecule has 0 spiro atoms. The standard InChI is InChI=1S/C12H22N4OS/c1-5-6-9-11(13)12(16(4)15-9)18-7-10(17)14-8(2)3/h8H,5-7,13H2,1-4H3,(H,14,17). The number of rotatable bonds is 6. The van der Waals surface area contributed by atoms with Crippen molar-refractivity contribution in [3.63, 3.8) is 0 Å². The number of nitrogens with one attached hydrogen (secondary N) is 1. The molecule has 0 aromatic carbocycles. The van der Waals surface area contributed by atoms with E-state index in [-0.39, 0.29) is 11.9 Å². The Labute approximate surface area is 112 Å². The molecule has 1 aromatic rings. The summed E-state index contributed by atoms with van der Waals surface area (Å²) in [6.07, 6.45) is 1.89. The van der Waals surface area contributed by atoms with Crippen LogP contribution in [0.1, 0.15) is 32.9 Å². The van der Waals surface area contributed by atoms with Crippen LogP contribution in [0.3, 0.4) is 0 Å². The molecule has 6 heteroatoms. The summed E-state index contributed by atoms with van der Waals surface area (Å²) in [5.41, 5.74) is 7.67. The van der Waals surface area contributed by atoms with Gasteiger partial charge in [0, 0.05) is 13.1 Å². The van der Waals surface area contributed by atoms with Crippen LogP contribution in [-0.4, -0.2) is 27.5 Å². The van der Waals surface area contributed by atoms with Gasteiger partial charge in [0.1, 0.15) is 5.03 Å². The summed E-state index contributed by atoms with van der Waals surface area (Å²) in [5, 5.41) is 8.10. The van der Waals surface area contributed by atoms with Crippen LogP contribution in [0, 0.1) is 0 Å². The minimum Gasteiger partial charge on any atom is -0.395 e. The van der Waals surface area contributed by atoms with Crippen LogP contribution in [0.4, 0.5) is 5.69 Å². The third-order valence-electron chi connectivity index (χ3n) is 2.38. The van der Waals surface area contributed by atoms with Crippen LogP contribution < -0.4 is 11.1 Å². The molecule has 102 valence electrons. The van der Waals surface area contributed by atoms with Crippen LogP contribution in [0.25, 0.3) is 0 Å². The molecule has 1 heterocycles. The van der Waals surface area contributed by atoms with Crippen molar-refractivity contribution in [2.45, 2.75) is 44.7 Å². The quantitative estimate of drug-likeness (QED) is 0.770. The Hall–Kier alpha value is -1.17. The second-order valence-corrected chi connectivity index (χ2v) is 5.51. The van der Waals surface area contributed by atoms with Crippen LogP contribution >= 0.6 is 11.8 Å². The van der Waals surface area contributed by atoms with E-state index in [0.717, 1.165) is 23.6 Å². The number of hydrogen-bond donors (Lipinski definition) is 2. The fourth-order valence-electron chi connectivity index (χ4n) is 1.67. The second-order valence-electron chi connectivity index (χ2n) is 4.55. The lowest BCUT2D eigenvalue weighted by Gasteiger charge is -2.08. The third-order valence-corrected chi connectivity index (χ3v) is 3.55. The molecule has 0 aliphatic carbocycles. The minimum absolute atomic E-state index is 0.0210. The number of thioether (sulfide) groups is 1. The molecule has 0 aliphatic heterocycles. The molecule has 0 unspecified atom stereocenters. The van der Waals surface area contributed by atoms with Crippen molar-refractivity contribution in [1.82, 2.24) is 15.1 Å². The van der Waals surface area contributed by atoms with Gasteiger partial charge in [-0.3, -0.25) is 9.48 Å². The zero-order valence-electron chi connectivity index (χ0n) is 11.5. The maximum atomic E-state index is 11.6. The van der Waals surface area contributed by atoms with Crippen molar-refractivity contribution in [1.29, 1.82) is 0 Å². The number of amides is 1. The molecule has 0 aliphatic rings. The molecule has 0 radical (unpaired) electrons. The van der Waals surface area contributed by atoms with Gasteiger partial charge in [-0.15, -0.1) is 0 Å². The number of aromatic nitrogens is 2. The molecule has 0 saturated heterocycles. The molecule has 0 atom stereocenters. The number of nitrogen functional groups attached to an aromatic ring is 1. The Morgan fingerprint density at radius 1 is 1.56 bits per heavy atom. The highest BCUT2D eigenvalue weighted by Gasteiger charge is 2.14. The number of carbonyl (C=O) groups is 1. The van der Waals surface area contributed by atoms with E-state index < -0.39 is 0 Å². The van der Waals surface area contributed by atoms with Gasteiger partial charge >= 0.3 is 0 Å². The minimum atomic E-state index is 0.0210. The van der Waals surface area contributed by atoms with Gasteiger partial charge in [-0.25, -0.2) is 0 Å². The van der Waals surface area contributed by atoms with Crippen molar-refractivity contribution in [3.05, 3.63) is 5.69 Å². The number of carbonyl (C=O) groups excluding carboxylic acids is 1. The first-order valence-electron chi connectivity index (χ1n) is 6.19. The summed E-state index contributed by atoms with van der Waals surface area (Å²) in [7, 11) is 1.86. The lowest BCUT2D eigenvalue weighted by molar-refractivity contribution is -0.119. The lowest BCUT2D eigenvalue weighted by Crippen LogP contribution is -2.31. The molecule has 3 N–H and O–H groups in total. The highest BCUT2D eigenvalue weighted by atomic mass is 32.2. The third kappa shape index (κ3) is 3.94. The highest BCUT2D eigenvalue weighted by Crippen LogP contribution is 2.27. The average Bonchev–Trinajstić information content (AvgIpc) is 2.52. The number of nitrogens with two attached hydrogens (primary N) is 1. The summed E-state index contributed by atoms with van der Waals surface area (Å²) in [4.78, 5) is 11.6. The van der Waals surface area contributed by atoms with Gasteiger partial charge in [0.15, 0.2) is 0 Å².